The summed E-state index contributed by atoms with van der Waals surface area (Å²) in [6, 6.07) is 4.86. The van der Waals surface area contributed by atoms with E-state index in [0.29, 0.717) is 15.7 Å². The molecule has 1 N–H and O–H groups in total. The smallest absolute Gasteiger partial charge is 0.251 e. The number of hydrogen-bond acceptors (Lipinski definition) is 5. The lowest BCUT2D eigenvalue weighted by atomic mass is 10.2. The van der Waals surface area contributed by atoms with E-state index in [1.165, 1.54) is 24.8 Å². The Morgan fingerprint density at radius 2 is 2.20 bits per heavy atom. The van der Waals surface area contributed by atoms with Crippen LogP contribution < -0.4 is 5.56 Å². The van der Waals surface area contributed by atoms with Crippen LogP contribution in [0, 0.1) is 0 Å². The van der Waals surface area contributed by atoms with Crippen molar-refractivity contribution < 1.29 is 4.79 Å². The fourth-order valence-corrected chi connectivity index (χ4v) is 2.51. The third-order valence-corrected chi connectivity index (χ3v) is 3.44. The number of Topliss-reactive ketones (excluding diaryl/α,β-unsaturated/α-hetero) is 1. The van der Waals surface area contributed by atoms with Gasteiger partial charge < -0.3 is 4.98 Å². The molecule has 6 heteroatoms. The Bertz CT molecular complexity index is 682. The van der Waals surface area contributed by atoms with Crippen molar-refractivity contribution in [1.82, 2.24) is 15.0 Å². The highest BCUT2D eigenvalue weighted by Crippen LogP contribution is 2.22. The maximum Gasteiger partial charge on any atom is 0.251 e. The standard InChI is InChI=1S/C14H15N3O2S/c1-3-4-11-8-12(19)17-14(16-11)20-13-7-10(9(2)18)5-6-15-13/h5-8H,3-4H2,1-2H3,(H,16,17,19). The van der Waals surface area contributed by atoms with E-state index in [4.69, 9.17) is 0 Å². The normalized spacial score (nSPS) is 10.5. The molecule has 0 saturated carbocycles. The molecule has 104 valence electrons. The van der Waals surface area contributed by atoms with Crippen LogP contribution in [-0.2, 0) is 6.42 Å². The second-order valence-corrected chi connectivity index (χ2v) is 5.34. The molecular formula is C14H15N3O2S. The quantitative estimate of drug-likeness (QED) is 0.676. The van der Waals surface area contributed by atoms with Gasteiger partial charge in [0.05, 0.1) is 0 Å². The number of ketones is 1. The number of carbonyl (C=O) groups is 1. The number of nitrogens with one attached hydrogen (secondary N) is 1. The van der Waals surface area contributed by atoms with Crippen molar-refractivity contribution in [2.75, 3.05) is 0 Å². The largest absolute Gasteiger partial charge is 0.301 e. The molecule has 0 fully saturated rings. The third-order valence-electron chi connectivity index (χ3n) is 2.62. The number of aromatic amines is 1. The number of rotatable bonds is 5. The molecule has 0 aliphatic heterocycles. The average Bonchev–Trinajstić information content (AvgIpc) is 2.38. The Labute approximate surface area is 120 Å². The molecule has 0 bridgehead atoms. The molecule has 0 aromatic carbocycles. The van der Waals surface area contributed by atoms with E-state index in [1.807, 2.05) is 6.92 Å². The minimum Gasteiger partial charge on any atom is -0.301 e. The van der Waals surface area contributed by atoms with Gasteiger partial charge in [0.2, 0.25) is 0 Å². The van der Waals surface area contributed by atoms with Crippen molar-refractivity contribution in [3.8, 4) is 0 Å². The van der Waals surface area contributed by atoms with E-state index >= 15 is 0 Å². The molecule has 5 nitrogen and oxygen atoms in total. The highest BCUT2D eigenvalue weighted by Gasteiger charge is 2.06. The molecule has 0 aliphatic rings. The van der Waals surface area contributed by atoms with Crippen molar-refractivity contribution in [3.05, 3.63) is 46.0 Å². The minimum absolute atomic E-state index is 0.0181. The second-order valence-electron chi connectivity index (χ2n) is 4.33. The van der Waals surface area contributed by atoms with Gasteiger partial charge in [-0.15, -0.1) is 0 Å². The highest BCUT2D eigenvalue weighted by atomic mass is 32.2. The summed E-state index contributed by atoms with van der Waals surface area (Å²) in [5.74, 6) is -0.0181. The predicted molar refractivity (Wildman–Crippen MR) is 77.2 cm³/mol. The SMILES string of the molecule is CCCc1cc(=O)[nH]c(Sc2cc(C(C)=O)ccn2)n1. The summed E-state index contributed by atoms with van der Waals surface area (Å²) in [6.07, 6.45) is 3.27. The van der Waals surface area contributed by atoms with E-state index in [1.54, 1.807) is 18.3 Å². The number of H-pyrrole nitrogens is 1. The van der Waals surface area contributed by atoms with Gasteiger partial charge >= 0.3 is 0 Å². The maximum atomic E-state index is 11.6. The van der Waals surface area contributed by atoms with E-state index in [9.17, 15) is 9.59 Å². The summed E-state index contributed by atoms with van der Waals surface area (Å²) >= 11 is 1.24. The molecule has 0 amide bonds. The molecule has 20 heavy (non-hydrogen) atoms. The Kier molecular flexibility index (Phi) is 4.68. The molecule has 2 aromatic heterocycles. The van der Waals surface area contributed by atoms with Crippen LogP contribution in [0.25, 0.3) is 0 Å². The fourth-order valence-electron chi connectivity index (χ4n) is 1.70. The van der Waals surface area contributed by atoms with E-state index in [0.717, 1.165) is 18.5 Å². The maximum absolute atomic E-state index is 11.6. The van der Waals surface area contributed by atoms with Gasteiger partial charge in [0.15, 0.2) is 10.9 Å². The molecule has 0 saturated heterocycles. The van der Waals surface area contributed by atoms with Gasteiger partial charge in [0.25, 0.3) is 5.56 Å². The lowest BCUT2D eigenvalue weighted by Crippen LogP contribution is -2.10. The van der Waals surface area contributed by atoms with Crippen LogP contribution in [-0.4, -0.2) is 20.7 Å². The van der Waals surface area contributed by atoms with Crippen LogP contribution in [0.15, 0.2) is 39.4 Å². The van der Waals surface area contributed by atoms with Crippen molar-refractivity contribution in [3.63, 3.8) is 0 Å². The monoisotopic (exact) mass is 289 g/mol. The fraction of sp³-hybridized carbons (Fsp3) is 0.286. The zero-order chi connectivity index (χ0) is 14.5. The molecule has 2 aromatic rings. The van der Waals surface area contributed by atoms with Gasteiger partial charge in [-0.05, 0) is 37.2 Å². The zero-order valence-corrected chi connectivity index (χ0v) is 12.2. The predicted octanol–water partition coefficient (Wildman–Crippen LogP) is 2.47. The Morgan fingerprint density at radius 3 is 2.90 bits per heavy atom. The van der Waals surface area contributed by atoms with Crippen LogP contribution in [0.3, 0.4) is 0 Å². The van der Waals surface area contributed by atoms with Crippen LogP contribution in [0.5, 0.6) is 0 Å². The number of pyridine rings is 1. The van der Waals surface area contributed by atoms with Gasteiger partial charge in [-0.2, -0.15) is 0 Å². The molecular weight excluding hydrogens is 274 g/mol. The molecule has 0 atom stereocenters. The summed E-state index contributed by atoms with van der Waals surface area (Å²) in [5.41, 5.74) is 1.18. The number of aryl methyl sites for hydroxylation is 1. The Hall–Kier alpha value is -1.95. The molecule has 0 spiro atoms. The molecule has 2 rings (SSSR count). The number of nitrogens with zero attached hydrogens (tertiary/aromatic N) is 2. The van der Waals surface area contributed by atoms with Gasteiger partial charge in [0, 0.05) is 23.5 Å². The lowest BCUT2D eigenvalue weighted by molar-refractivity contribution is 0.101. The van der Waals surface area contributed by atoms with Gasteiger partial charge in [-0.25, -0.2) is 9.97 Å². The first kappa shape index (κ1) is 14.5. The highest BCUT2D eigenvalue weighted by molar-refractivity contribution is 7.99. The van der Waals surface area contributed by atoms with Crippen molar-refractivity contribution in [2.24, 2.45) is 0 Å². The second kappa shape index (κ2) is 6.47. The van der Waals surface area contributed by atoms with Crippen LogP contribution in [0.4, 0.5) is 0 Å². The van der Waals surface area contributed by atoms with Gasteiger partial charge in [-0.3, -0.25) is 9.59 Å². The minimum atomic E-state index is -0.173. The molecule has 0 unspecified atom stereocenters. The van der Waals surface area contributed by atoms with E-state index < -0.39 is 0 Å². The van der Waals surface area contributed by atoms with E-state index in [2.05, 4.69) is 15.0 Å². The summed E-state index contributed by atoms with van der Waals surface area (Å²) in [6.45, 7) is 3.54. The lowest BCUT2D eigenvalue weighted by Gasteiger charge is -2.03. The third kappa shape index (κ3) is 3.77. The summed E-state index contributed by atoms with van der Waals surface area (Å²) in [7, 11) is 0. The number of carbonyl (C=O) groups excluding carboxylic acids is 1. The summed E-state index contributed by atoms with van der Waals surface area (Å²) in [4.78, 5) is 34.1. The summed E-state index contributed by atoms with van der Waals surface area (Å²) in [5, 5.41) is 1.13. The van der Waals surface area contributed by atoms with Gasteiger partial charge in [-0.1, -0.05) is 13.3 Å². The van der Waals surface area contributed by atoms with Crippen molar-refractivity contribution in [1.29, 1.82) is 0 Å². The summed E-state index contributed by atoms with van der Waals surface area (Å²) < 4.78 is 0. The van der Waals surface area contributed by atoms with E-state index in [-0.39, 0.29) is 11.3 Å². The van der Waals surface area contributed by atoms with Crippen molar-refractivity contribution in [2.45, 2.75) is 36.9 Å². The number of hydrogen-bond donors (Lipinski definition) is 1. The van der Waals surface area contributed by atoms with Crippen molar-refractivity contribution >= 4 is 17.5 Å². The first-order valence-electron chi connectivity index (χ1n) is 6.33. The van der Waals surface area contributed by atoms with Crippen LogP contribution in [0.1, 0.15) is 36.3 Å². The Morgan fingerprint density at radius 1 is 1.40 bits per heavy atom. The zero-order valence-electron chi connectivity index (χ0n) is 11.3. The first-order chi connectivity index (χ1) is 9.58. The molecule has 2 heterocycles. The van der Waals surface area contributed by atoms with Crippen LogP contribution >= 0.6 is 11.8 Å². The first-order valence-corrected chi connectivity index (χ1v) is 7.15. The van der Waals surface area contributed by atoms with Gasteiger partial charge in [0.1, 0.15) is 5.03 Å². The topological polar surface area (TPSA) is 75.7 Å². The molecule has 0 aliphatic carbocycles. The van der Waals surface area contributed by atoms with Crippen LogP contribution in [0.2, 0.25) is 0 Å². The number of aromatic nitrogens is 3. The average molecular weight is 289 g/mol. The Balaban J connectivity index is 2.27. The molecule has 0 radical (unpaired) electrons.